The lowest BCUT2D eigenvalue weighted by Crippen LogP contribution is -2.21. The summed E-state index contributed by atoms with van der Waals surface area (Å²) in [5.41, 5.74) is 1.08. The molecule has 2 N–H and O–H groups in total. The highest BCUT2D eigenvalue weighted by Gasteiger charge is 2.30. The summed E-state index contributed by atoms with van der Waals surface area (Å²) in [6.45, 7) is 7.80. The minimum Gasteiger partial charge on any atom is -0.481 e. The van der Waals surface area contributed by atoms with E-state index in [4.69, 9.17) is 11.6 Å². The first-order valence-corrected chi connectivity index (χ1v) is 8.26. The highest BCUT2D eigenvalue weighted by molar-refractivity contribution is 6.30. The van der Waals surface area contributed by atoms with Crippen LogP contribution in [-0.2, 0) is 9.59 Å². The van der Waals surface area contributed by atoms with Crippen LogP contribution in [0.4, 0.5) is 0 Å². The summed E-state index contributed by atoms with van der Waals surface area (Å²) < 4.78 is 0. The standard InChI is InChI=1S/C18H25ClO4/c1-10(2)7-15(17(20)21)13-6-5-12(19)9-14(13)16(18(22)23)8-11(3)4/h5-6,9-11,15-16H,7-8H2,1-4H3,(H,20,21)(H,22,23). The Morgan fingerprint density at radius 2 is 1.35 bits per heavy atom. The van der Waals surface area contributed by atoms with Crippen LogP contribution in [0, 0.1) is 11.8 Å². The Hall–Kier alpha value is -1.55. The van der Waals surface area contributed by atoms with Crippen molar-refractivity contribution in [1.82, 2.24) is 0 Å². The molecule has 0 radical (unpaired) electrons. The summed E-state index contributed by atoms with van der Waals surface area (Å²) in [5.74, 6) is -3.00. The molecule has 1 rings (SSSR count). The van der Waals surface area contributed by atoms with Crippen molar-refractivity contribution < 1.29 is 19.8 Å². The molecular formula is C18H25ClO4. The first-order chi connectivity index (χ1) is 10.6. The van der Waals surface area contributed by atoms with Crippen LogP contribution in [0.5, 0.6) is 0 Å². The van der Waals surface area contributed by atoms with Crippen LogP contribution in [0.3, 0.4) is 0 Å². The zero-order valence-corrected chi connectivity index (χ0v) is 14.8. The van der Waals surface area contributed by atoms with Gasteiger partial charge >= 0.3 is 11.9 Å². The van der Waals surface area contributed by atoms with Crippen molar-refractivity contribution in [3.8, 4) is 0 Å². The third kappa shape index (κ3) is 5.54. The zero-order valence-electron chi connectivity index (χ0n) is 14.0. The summed E-state index contributed by atoms with van der Waals surface area (Å²) in [7, 11) is 0. The molecule has 23 heavy (non-hydrogen) atoms. The third-order valence-corrected chi connectivity index (χ3v) is 4.05. The van der Waals surface area contributed by atoms with Gasteiger partial charge < -0.3 is 10.2 Å². The molecule has 2 atom stereocenters. The maximum absolute atomic E-state index is 11.7. The number of aliphatic carboxylic acids is 2. The van der Waals surface area contributed by atoms with Crippen molar-refractivity contribution >= 4 is 23.5 Å². The lowest BCUT2D eigenvalue weighted by molar-refractivity contribution is -0.140. The fourth-order valence-corrected chi connectivity index (χ4v) is 3.01. The Kier molecular flexibility index (Phi) is 7.07. The molecule has 4 nitrogen and oxygen atoms in total. The topological polar surface area (TPSA) is 74.6 Å². The van der Waals surface area contributed by atoms with E-state index in [1.807, 2.05) is 27.7 Å². The van der Waals surface area contributed by atoms with Gasteiger partial charge in [0.2, 0.25) is 0 Å². The SMILES string of the molecule is CC(C)CC(C(=O)O)c1ccc(Cl)cc1C(CC(C)C)C(=O)O. The van der Waals surface area contributed by atoms with Gasteiger partial charge in [0.05, 0.1) is 11.8 Å². The summed E-state index contributed by atoms with van der Waals surface area (Å²) in [5, 5.41) is 19.6. The zero-order chi connectivity index (χ0) is 17.7. The molecule has 0 saturated heterocycles. The minimum absolute atomic E-state index is 0.177. The first kappa shape index (κ1) is 19.5. The Morgan fingerprint density at radius 1 is 0.913 bits per heavy atom. The van der Waals surface area contributed by atoms with Gasteiger partial charge in [-0.3, -0.25) is 9.59 Å². The van der Waals surface area contributed by atoms with Crippen molar-refractivity contribution in [2.45, 2.75) is 52.4 Å². The molecule has 5 heteroatoms. The Bertz CT molecular complexity index is 566. The van der Waals surface area contributed by atoms with E-state index in [0.29, 0.717) is 29.0 Å². The van der Waals surface area contributed by atoms with Crippen LogP contribution >= 0.6 is 11.6 Å². The Morgan fingerprint density at radius 3 is 1.74 bits per heavy atom. The van der Waals surface area contributed by atoms with E-state index in [1.165, 1.54) is 0 Å². The molecule has 0 aliphatic carbocycles. The van der Waals surface area contributed by atoms with Gasteiger partial charge in [0, 0.05) is 5.02 Å². The monoisotopic (exact) mass is 340 g/mol. The van der Waals surface area contributed by atoms with Gasteiger partial charge in [-0.15, -0.1) is 0 Å². The number of halogens is 1. The molecule has 0 heterocycles. The number of rotatable bonds is 8. The average molecular weight is 341 g/mol. The quantitative estimate of drug-likeness (QED) is 0.714. The van der Waals surface area contributed by atoms with Crippen LogP contribution in [0.1, 0.15) is 63.5 Å². The smallest absolute Gasteiger partial charge is 0.310 e. The number of carboxylic acids is 2. The van der Waals surface area contributed by atoms with E-state index in [0.717, 1.165) is 0 Å². The van der Waals surface area contributed by atoms with Gasteiger partial charge in [0.15, 0.2) is 0 Å². The molecule has 0 aliphatic rings. The molecule has 2 unspecified atom stereocenters. The Labute approximate surface area is 142 Å². The molecule has 0 saturated carbocycles. The number of benzene rings is 1. The second-order valence-corrected chi connectivity index (χ2v) is 7.25. The summed E-state index contributed by atoms with van der Waals surface area (Å²) in [4.78, 5) is 23.4. The molecule has 128 valence electrons. The second kappa shape index (κ2) is 8.34. The predicted molar refractivity (Wildman–Crippen MR) is 91.1 cm³/mol. The largest absolute Gasteiger partial charge is 0.481 e. The number of hydrogen-bond acceptors (Lipinski definition) is 2. The first-order valence-electron chi connectivity index (χ1n) is 7.88. The van der Waals surface area contributed by atoms with Crippen molar-refractivity contribution in [1.29, 1.82) is 0 Å². The number of hydrogen-bond donors (Lipinski definition) is 2. The molecule has 0 amide bonds. The van der Waals surface area contributed by atoms with Crippen molar-refractivity contribution in [2.24, 2.45) is 11.8 Å². The van der Waals surface area contributed by atoms with Crippen molar-refractivity contribution in [3.05, 3.63) is 34.3 Å². The predicted octanol–water partition coefficient (Wildman–Crippen LogP) is 4.77. The average Bonchev–Trinajstić information content (AvgIpc) is 2.41. The van der Waals surface area contributed by atoms with E-state index in [2.05, 4.69) is 0 Å². The van der Waals surface area contributed by atoms with E-state index in [9.17, 15) is 19.8 Å². The van der Waals surface area contributed by atoms with Gasteiger partial charge in [-0.1, -0.05) is 45.4 Å². The molecule has 0 aliphatic heterocycles. The van der Waals surface area contributed by atoms with E-state index in [1.54, 1.807) is 18.2 Å². The van der Waals surface area contributed by atoms with Crippen LogP contribution in [0.15, 0.2) is 18.2 Å². The van der Waals surface area contributed by atoms with Crippen LogP contribution in [-0.4, -0.2) is 22.2 Å². The van der Waals surface area contributed by atoms with Crippen molar-refractivity contribution in [2.75, 3.05) is 0 Å². The fourth-order valence-electron chi connectivity index (χ4n) is 2.83. The molecule has 1 aromatic carbocycles. The third-order valence-electron chi connectivity index (χ3n) is 3.81. The fraction of sp³-hybridized carbons (Fsp3) is 0.556. The maximum atomic E-state index is 11.7. The number of carboxylic acid groups (broad SMARTS) is 2. The van der Waals surface area contributed by atoms with E-state index in [-0.39, 0.29) is 11.8 Å². The highest BCUT2D eigenvalue weighted by Crippen LogP contribution is 2.35. The molecule has 0 fully saturated rings. The van der Waals surface area contributed by atoms with Gasteiger partial charge in [0.25, 0.3) is 0 Å². The maximum Gasteiger partial charge on any atom is 0.310 e. The van der Waals surface area contributed by atoms with Gasteiger partial charge in [-0.2, -0.15) is 0 Å². The van der Waals surface area contributed by atoms with Gasteiger partial charge in [-0.05, 0) is 47.9 Å². The molecular weight excluding hydrogens is 316 g/mol. The van der Waals surface area contributed by atoms with Gasteiger partial charge in [-0.25, -0.2) is 0 Å². The second-order valence-electron chi connectivity index (χ2n) is 6.81. The van der Waals surface area contributed by atoms with Gasteiger partial charge in [0.1, 0.15) is 0 Å². The normalized spacial score (nSPS) is 14.0. The minimum atomic E-state index is -0.948. The van der Waals surface area contributed by atoms with E-state index >= 15 is 0 Å². The van der Waals surface area contributed by atoms with Crippen LogP contribution in [0.2, 0.25) is 5.02 Å². The lowest BCUT2D eigenvalue weighted by Gasteiger charge is -2.23. The molecule has 0 spiro atoms. The molecule has 1 aromatic rings. The Balaban J connectivity index is 3.42. The number of carbonyl (C=O) groups is 2. The van der Waals surface area contributed by atoms with Crippen LogP contribution < -0.4 is 0 Å². The lowest BCUT2D eigenvalue weighted by atomic mass is 9.81. The van der Waals surface area contributed by atoms with Crippen molar-refractivity contribution in [3.63, 3.8) is 0 Å². The van der Waals surface area contributed by atoms with Crippen LogP contribution in [0.25, 0.3) is 0 Å². The van der Waals surface area contributed by atoms with E-state index < -0.39 is 23.8 Å². The summed E-state index contributed by atoms with van der Waals surface area (Å²) >= 11 is 6.05. The molecule has 0 bridgehead atoms. The summed E-state index contributed by atoms with van der Waals surface area (Å²) in [6, 6.07) is 4.90. The summed E-state index contributed by atoms with van der Waals surface area (Å²) in [6.07, 6.45) is 0.897. The molecule has 0 aromatic heterocycles. The highest BCUT2D eigenvalue weighted by atomic mass is 35.5.